The summed E-state index contributed by atoms with van der Waals surface area (Å²) in [6, 6.07) is 15.6. The molecule has 1 heterocycles. The average molecular weight is 424 g/mol. The molecule has 0 radical (unpaired) electrons. The number of anilines is 1. The van der Waals surface area contributed by atoms with Crippen LogP contribution in [0.4, 0.5) is 10.5 Å². The van der Waals surface area contributed by atoms with Crippen LogP contribution in [0.5, 0.6) is 0 Å². The fraction of sp³-hybridized carbons (Fsp3) is 0.440. The van der Waals surface area contributed by atoms with E-state index in [1.807, 2.05) is 69.3 Å². The van der Waals surface area contributed by atoms with Gasteiger partial charge >= 0.3 is 6.03 Å². The van der Waals surface area contributed by atoms with Crippen LogP contribution in [0.2, 0.25) is 0 Å². The number of nitrogens with one attached hydrogen (secondary N) is 2. The molecule has 166 valence electrons. The Hall–Kier alpha value is -2.86. The Morgan fingerprint density at radius 2 is 1.90 bits per heavy atom. The molecule has 1 unspecified atom stereocenters. The molecule has 3 amide bonds. The summed E-state index contributed by atoms with van der Waals surface area (Å²) in [6.45, 7) is 8.09. The molecule has 2 aromatic carbocycles. The predicted molar refractivity (Wildman–Crippen MR) is 123 cm³/mol. The molecule has 2 aromatic rings. The first-order valence-corrected chi connectivity index (χ1v) is 11.0. The number of hydrogen-bond acceptors (Lipinski definition) is 3. The van der Waals surface area contributed by atoms with Crippen molar-refractivity contribution in [2.75, 3.05) is 18.4 Å². The maximum absolute atomic E-state index is 12.8. The monoisotopic (exact) mass is 423 g/mol. The number of carbonyl (C=O) groups excluding carboxylic acids is 2. The zero-order chi connectivity index (χ0) is 22.2. The van der Waals surface area contributed by atoms with E-state index in [1.54, 1.807) is 4.90 Å². The summed E-state index contributed by atoms with van der Waals surface area (Å²) in [5, 5.41) is 6.00. The SMILES string of the molecule is Cc1cccc(NC(=O)N2CCCC(C(=O)NCc3ccccc3COC(C)C)C2)c1. The molecule has 1 aliphatic heterocycles. The fourth-order valence-corrected chi connectivity index (χ4v) is 3.75. The number of benzene rings is 2. The van der Waals surface area contributed by atoms with E-state index in [2.05, 4.69) is 10.6 Å². The number of hydrogen-bond donors (Lipinski definition) is 2. The molecule has 2 N–H and O–H groups in total. The first-order valence-electron chi connectivity index (χ1n) is 11.0. The Balaban J connectivity index is 1.53. The summed E-state index contributed by atoms with van der Waals surface area (Å²) in [6.07, 6.45) is 1.76. The molecule has 1 atom stereocenters. The van der Waals surface area contributed by atoms with Gasteiger partial charge in [-0.3, -0.25) is 4.79 Å². The Labute approximate surface area is 185 Å². The van der Waals surface area contributed by atoms with E-state index < -0.39 is 0 Å². The van der Waals surface area contributed by atoms with Gasteiger partial charge in [-0.25, -0.2) is 4.79 Å². The fourth-order valence-electron chi connectivity index (χ4n) is 3.75. The van der Waals surface area contributed by atoms with E-state index in [9.17, 15) is 9.59 Å². The number of piperidine rings is 1. The number of ether oxygens (including phenoxy) is 1. The van der Waals surface area contributed by atoms with E-state index in [0.29, 0.717) is 26.2 Å². The first kappa shape index (κ1) is 22.8. The predicted octanol–water partition coefficient (Wildman–Crippen LogP) is 4.48. The Morgan fingerprint density at radius 3 is 2.65 bits per heavy atom. The number of likely N-dealkylation sites (tertiary alicyclic amines) is 1. The van der Waals surface area contributed by atoms with Crippen LogP contribution in [0.15, 0.2) is 48.5 Å². The van der Waals surface area contributed by atoms with Crippen LogP contribution >= 0.6 is 0 Å². The molecule has 0 spiro atoms. The van der Waals surface area contributed by atoms with Gasteiger partial charge in [-0.2, -0.15) is 0 Å². The van der Waals surface area contributed by atoms with Crippen molar-refractivity contribution >= 4 is 17.6 Å². The van der Waals surface area contributed by atoms with Crippen molar-refractivity contribution in [3.8, 4) is 0 Å². The highest BCUT2D eigenvalue weighted by Gasteiger charge is 2.28. The molecule has 0 saturated carbocycles. The van der Waals surface area contributed by atoms with Crippen LogP contribution in [0.3, 0.4) is 0 Å². The molecule has 0 bridgehead atoms. The standard InChI is InChI=1S/C25H33N3O3/c1-18(2)31-17-22-10-5-4-9-20(22)15-26-24(29)21-11-7-13-28(16-21)25(30)27-23-12-6-8-19(3)14-23/h4-6,8-10,12,14,18,21H,7,11,13,15-17H2,1-3H3,(H,26,29)(H,27,30). The Bertz CT molecular complexity index is 897. The number of amides is 3. The molecule has 31 heavy (non-hydrogen) atoms. The largest absolute Gasteiger partial charge is 0.374 e. The molecule has 1 saturated heterocycles. The average Bonchev–Trinajstić information content (AvgIpc) is 2.76. The minimum Gasteiger partial charge on any atom is -0.374 e. The third-order valence-corrected chi connectivity index (χ3v) is 5.49. The van der Waals surface area contributed by atoms with Crippen LogP contribution in [-0.4, -0.2) is 36.0 Å². The van der Waals surface area contributed by atoms with E-state index in [1.165, 1.54) is 0 Å². The van der Waals surface area contributed by atoms with Crippen LogP contribution in [0, 0.1) is 12.8 Å². The Kier molecular flexibility index (Phi) is 8.06. The van der Waals surface area contributed by atoms with Gasteiger partial charge < -0.3 is 20.3 Å². The van der Waals surface area contributed by atoms with Gasteiger partial charge in [-0.05, 0) is 62.4 Å². The molecular formula is C25H33N3O3. The molecule has 3 rings (SSSR count). The zero-order valence-corrected chi connectivity index (χ0v) is 18.7. The van der Waals surface area contributed by atoms with Crippen molar-refractivity contribution in [3.63, 3.8) is 0 Å². The summed E-state index contributed by atoms with van der Waals surface area (Å²) in [4.78, 5) is 27.2. The molecule has 6 heteroatoms. The maximum atomic E-state index is 12.8. The molecular weight excluding hydrogens is 390 g/mol. The third kappa shape index (κ3) is 6.82. The van der Waals surface area contributed by atoms with Crippen LogP contribution in [0.1, 0.15) is 43.4 Å². The van der Waals surface area contributed by atoms with Gasteiger partial charge in [-0.1, -0.05) is 36.4 Å². The third-order valence-electron chi connectivity index (χ3n) is 5.49. The minimum absolute atomic E-state index is 0.00682. The quantitative estimate of drug-likeness (QED) is 0.690. The molecule has 6 nitrogen and oxygen atoms in total. The summed E-state index contributed by atoms with van der Waals surface area (Å²) < 4.78 is 5.72. The summed E-state index contributed by atoms with van der Waals surface area (Å²) in [7, 11) is 0. The van der Waals surface area contributed by atoms with Gasteiger partial charge in [0.1, 0.15) is 0 Å². The zero-order valence-electron chi connectivity index (χ0n) is 18.7. The number of carbonyl (C=O) groups is 2. The van der Waals surface area contributed by atoms with Gasteiger partial charge in [0.25, 0.3) is 0 Å². The van der Waals surface area contributed by atoms with Crippen LogP contribution in [0.25, 0.3) is 0 Å². The van der Waals surface area contributed by atoms with Crippen molar-refractivity contribution in [1.29, 1.82) is 0 Å². The van der Waals surface area contributed by atoms with Gasteiger partial charge in [0, 0.05) is 25.3 Å². The number of urea groups is 1. The highest BCUT2D eigenvalue weighted by Crippen LogP contribution is 2.19. The van der Waals surface area contributed by atoms with Crippen molar-refractivity contribution in [2.24, 2.45) is 5.92 Å². The normalized spacial score (nSPS) is 16.3. The van der Waals surface area contributed by atoms with Gasteiger partial charge in [0.05, 0.1) is 18.6 Å². The highest BCUT2D eigenvalue weighted by molar-refractivity contribution is 5.90. The van der Waals surface area contributed by atoms with Crippen molar-refractivity contribution < 1.29 is 14.3 Å². The maximum Gasteiger partial charge on any atom is 0.321 e. The molecule has 0 aliphatic carbocycles. The summed E-state index contributed by atoms with van der Waals surface area (Å²) in [5.41, 5.74) is 4.00. The topological polar surface area (TPSA) is 70.7 Å². The van der Waals surface area contributed by atoms with Gasteiger partial charge in [0.2, 0.25) is 5.91 Å². The number of rotatable bonds is 7. The number of aryl methyl sites for hydroxylation is 1. The second kappa shape index (κ2) is 11.0. The van der Waals surface area contributed by atoms with E-state index in [4.69, 9.17) is 4.74 Å². The minimum atomic E-state index is -0.198. The lowest BCUT2D eigenvalue weighted by Gasteiger charge is -2.32. The Morgan fingerprint density at radius 1 is 1.13 bits per heavy atom. The lowest BCUT2D eigenvalue weighted by atomic mass is 9.97. The van der Waals surface area contributed by atoms with E-state index >= 15 is 0 Å². The molecule has 1 fully saturated rings. The second-order valence-corrected chi connectivity index (χ2v) is 8.43. The molecule has 1 aliphatic rings. The summed E-state index contributed by atoms with van der Waals surface area (Å²) >= 11 is 0. The van der Waals surface area contributed by atoms with Crippen molar-refractivity contribution in [3.05, 3.63) is 65.2 Å². The van der Waals surface area contributed by atoms with Crippen LogP contribution < -0.4 is 10.6 Å². The number of nitrogens with zero attached hydrogens (tertiary/aromatic N) is 1. The van der Waals surface area contributed by atoms with Gasteiger partial charge in [-0.15, -0.1) is 0 Å². The lowest BCUT2D eigenvalue weighted by molar-refractivity contribution is -0.126. The smallest absolute Gasteiger partial charge is 0.321 e. The van der Waals surface area contributed by atoms with Crippen molar-refractivity contribution in [1.82, 2.24) is 10.2 Å². The van der Waals surface area contributed by atoms with Crippen molar-refractivity contribution in [2.45, 2.75) is 52.9 Å². The van der Waals surface area contributed by atoms with E-state index in [-0.39, 0.29) is 24.0 Å². The van der Waals surface area contributed by atoms with Crippen LogP contribution in [-0.2, 0) is 22.7 Å². The highest BCUT2D eigenvalue weighted by atomic mass is 16.5. The molecule has 0 aromatic heterocycles. The van der Waals surface area contributed by atoms with E-state index in [0.717, 1.165) is 35.2 Å². The summed E-state index contributed by atoms with van der Waals surface area (Å²) in [5.74, 6) is -0.205. The second-order valence-electron chi connectivity index (χ2n) is 8.43. The first-order chi connectivity index (χ1) is 14.9. The lowest BCUT2D eigenvalue weighted by Crippen LogP contribution is -2.46. The van der Waals surface area contributed by atoms with Gasteiger partial charge in [0.15, 0.2) is 0 Å².